The maximum atomic E-state index is 13.0. The Morgan fingerprint density at radius 2 is 1.43 bits per heavy atom. The minimum absolute atomic E-state index is 0.296. The van der Waals surface area contributed by atoms with Gasteiger partial charge in [0.25, 0.3) is 0 Å². The van der Waals surface area contributed by atoms with Crippen molar-refractivity contribution in [3.05, 3.63) is 94.1 Å². The summed E-state index contributed by atoms with van der Waals surface area (Å²) in [6, 6.07) is 23.6. The summed E-state index contributed by atoms with van der Waals surface area (Å²) in [4.78, 5) is 6.05. The van der Waals surface area contributed by atoms with Gasteiger partial charge in [-0.1, -0.05) is 47.5 Å². The molecule has 2 heterocycles. The second-order valence-corrected chi connectivity index (χ2v) is 11.3. The number of thiazole rings is 1. The van der Waals surface area contributed by atoms with Crippen LogP contribution in [-0.4, -0.2) is 43.6 Å². The highest BCUT2D eigenvalue weighted by molar-refractivity contribution is 7.89. The van der Waals surface area contributed by atoms with E-state index < -0.39 is 10.0 Å². The van der Waals surface area contributed by atoms with Crippen LogP contribution in [0.5, 0.6) is 0 Å². The third kappa shape index (κ3) is 5.01. The molecule has 0 atom stereocenters. The number of nitrogens with zero attached hydrogens (tertiary/aromatic N) is 3. The van der Waals surface area contributed by atoms with Crippen molar-refractivity contribution in [2.24, 2.45) is 4.99 Å². The Hall–Kier alpha value is -3.04. The van der Waals surface area contributed by atoms with E-state index in [2.05, 4.69) is 60.2 Å². The third-order valence-electron chi connectivity index (χ3n) is 6.02. The van der Waals surface area contributed by atoms with Gasteiger partial charge in [-0.05, 0) is 55.8 Å². The van der Waals surface area contributed by atoms with Crippen LogP contribution in [-0.2, 0) is 14.8 Å². The fourth-order valence-corrected chi connectivity index (χ4v) is 6.33. The Bertz CT molecular complexity index is 1480. The smallest absolute Gasteiger partial charge is 0.243 e. The van der Waals surface area contributed by atoms with Crippen molar-refractivity contribution in [1.29, 1.82) is 0 Å². The minimum atomic E-state index is -3.54. The molecule has 1 fully saturated rings. The lowest BCUT2D eigenvalue weighted by atomic mass is 10.1. The van der Waals surface area contributed by atoms with Crippen molar-refractivity contribution in [3.8, 4) is 16.9 Å². The van der Waals surface area contributed by atoms with Crippen molar-refractivity contribution >= 4 is 27.0 Å². The number of rotatable bonds is 5. The molecule has 1 saturated heterocycles. The van der Waals surface area contributed by atoms with Crippen molar-refractivity contribution < 1.29 is 13.2 Å². The van der Waals surface area contributed by atoms with Crippen LogP contribution >= 0.6 is 11.3 Å². The van der Waals surface area contributed by atoms with Gasteiger partial charge in [0.15, 0.2) is 4.80 Å². The Morgan fingerprint density at radius 1 is 0.829 bits per heavy atom. The molecule has 1 aromatic heterocycles. The quantitative estimate of drug-likeness (QED) is 0.380. The van der Waals surface area contributed by atoms with Gasteiger partial charge < -0.3 is 4.74 Å². The summed E-state index contributed by atoms with van der Waals surface area (Å²) in [6.07, 6.45) is 0. The SMILES string of the molecule is Cc1ccc(N=c2scc(-c3ccc(S(=O)(=O)N4CCOCC4)cc3)n2-c2ccc(C)cc2)cc1. The predicted octanol–water partition coefficient (Wildman–Crippen LogP) is 5.08. The average molecular weight is 506 g/mol. The zero-order valence-electron chi connectivity index (χ0n) is 19.7. The van der Waals surface area contributed by atoms with Gasteiger partial charge in [-0.3, -0.25) is 4.57 Å². The second kappa shape index (κ2) is 9.91. The van der Waals surface area contributed by atoms with E-state index in [0.29, 0.717) is 31.2 Å². The van der Waals surface area contributed by atoms with Gasteiger partial charge in [-0.25, -0.2) is 13.4 Å². The zero-order chi connectivity index (χ0) is 24.4. The number of aryl methyl sites for hydroxylation is 2. The van der Waals surface area contributed by atoms with Crippen molar-refractivity contribution in [2.45, 2.75) is 18.7 Å². The lowest BCUT2D eigenvalue weighted by Crippen LogP contribution is -2.40. The lowest BCUT2D eigenvalue weighted by Gasteiger charge is -2.26. The Morgan fingerprint density at radius 3 is 2.06 bits per heavy atom. The summed E-state index contributed by atoms with van der Waals surface area (Å²) in [5.74, 6) is 0. The number of benzene rings is 3. The molecule has 180 valence electrons. The van der Waals surface area contributed by atoms with E-state index in [9.17, 15) is 8.42 Å². The summed E-state index contributed by atoms with van der Waals surface area (Å²) in [5, 5.41) is 2.07. The molecule has 4 aromatic rings. The molecular formula is C27H27N3O3S2. The molecular weight excluding hydrogens is 478 g/mol. The predicted molar refractivity (Wildman–Crippen MR) is 140 cm³/mol. The van der Waals surface area contributed by atoms with E-state index in [1.807, 2.05) is 24.3 Å². The largest absolute Gasteiger partial charge is 0.379 e. The number of morpholine rings is 1. The van der Waals surface area contributed by atoms with Gasteiger partial charge in [-0.2, -0.15) is 4.31 Å². The average Bonchev–Trinajstić information content (AvgIpc) is 3.30. The molecule has 0 saturated carbocycles. The van der Waals surface area contributed by atoms with Gasteiger partial charge in [0.1, 0.15) is 0 Å². The first-order chi connectivity index (χ1) is 16.9. The molecule has 1 aliphatic heterocycles. The monoisotopic (exact) mass is 505 g/mol. The third-order valence-corrected chi connectivity index (χ3v) is 8.76. The van der Waals surface area contributed by atoms with E-state index in [0.717, 1.165) is 27.4 Å². The first kappa shape index (κ1) is 23.7. The minimum Gasteiger partial charge on any atom is -0.379 e. The molecule has 0 radical (unpaired) electrons. The number of ether oxygens (including phenoxy) is 1. The second-order valence-electron chi connectivity index (χ2n) is 8.56. The van der Waals surface area contributed by atoms with Crippen LogP contribution in [0, 0.1) is 13.8 Å². The van der Waals surface area contributed by atoms with Crippen LogP contribution in [0.15, 0.2) is 88.1 Å². The van der Waals surface area contributed by atoms with Crippen LogP contribution < -0.4 is 4.80 Å². The Balaban J connectivity index is 1.57. The van der Waals surface area contributed by atoms with Crippen LogP contribution in [0.1, 0.15) is 11.1 Å². The molecule has 6 nitrogen and oxygen atoms in total. The molecule has 0 spiro atoms. The van der Waals surface area contributed by atoms with Crippen molar-refractivity contribution in [1.82, 2.24) is 8.87 Å². The van der Waals surface area contributed by atoms with Crippen molar-refractivity contribution in [3.63, 3.8) is 0 Å². The summed E-state index contributed by atoms with van der Waals surface area (Å²) < 4.78 is 35.0. The summed E-state index contributed by atoms with van der Waals surface area (Å²) in [6.45, 7) is 5.74. The van der Waals surface area contributed by atoms with Crippen LogP contribution in [0.25, 0.3) is 16.9 Å². The van der Waals surface area contributed by atoms with Gasteiger partial charge in [0.05, 0.1) is 29.5 Å². The van der Waals surface area contributed by atoms with Crippen LogP contribution in [0.2, 0.25) is 0 Å². The highest BCUT2D eigenvalue weighted by atomic mass is 32.2. The molecule has 0 N–H and O–H groups in total. The standard InChI is InChI=1S/C27H27N3O3S2/c1-20-3-9-23(10-4-20)28-27-30(24-11-5-21(2)6-12-24)26(19-34-27)22-7-13-25(14-8-22)35(31,32)29-15-17-33-18-16-29/h3-14,19H,15-18H2,1-2H3. The van der Waals surface area contributed by atoms with E-state index in [1.165, 1.54) is 15.4 Å². The van der Waals surface area contributed by atoms with E-state index >= 15 is 0 Å². The maximum absolute atomic E-state index is 13.0. The first-order valence-electron chi connectivity index (χ1n) is 11.5. The molecule has 0 amide bonds. The fourth-order valence-electron chi connectivity index (χ4n) is 4.00. The van der Waals surface area contributed by atoms with Gasteiger partial charge in [-0.15, -0.1) is 11.3 Å². The maximum Gasteiger partial charge on any atom is 0.243 e. The topological polar surface area (TPSA) is 63.9 Å². The van der Waals surface area contributed by atoms with Gasteiger partial charge >= 0.3 is 0 Å². The summed E-state index contributed by atoms with van der Waals surface area (Å²) >= 11 is 1.56. The molecule has 0 bridgehead atoms. The van der Waals surface area contributed by atoms with Gasteiger partial charge in [0, 0.05) is 24.2 Å². The molecule has 8 heteroatoms. The summed E-state index contributed by atoms with van der Waals surface area (Å²) in [7, 11) is -3.54. The van der Waals surface area contributed by atoms with Gasteiger partial charge in [0.2, 0.25) is 10.0 Å². The molecule has 35 heavy (non-hydrogen) atoms. The highest BCUT2D eigenvalue weighted by Gasteiger charge is 2.26. The zero-order valence-corrected chi connectivity index (χ0v) is 21.3. The Labute approximate surface area is 209 Å². The number of sulfonamides is 1. The number of hydrogen-bond acceptors (Lipinski definition) is 5. The van der Waals surface area contributed by atoms with E-state index in [1.54, 1.807) is 23.5 Å². The fraction of sp³-hybridized carbons (Fsp3) is 0.222. The molecule has 0 unspecified atom stereocenters. The normalized spacial score (nSPS) is 15.4. The summed E-state index contributed by atoms with van der Waals surface area (Å²) in [5.41, 5.74) is 6.14. The van der Waals surface area contributed by atoms with E-state index in [4.69, 9.17) is 9.73 Å². The molecule has 1 aliphatic rings. The molecule has 5 rings (SSSR count). The highest BCUT2D eigenvalue weighted by Crippen LogP contribution is 2.27. The van der Waals surface area contributed by atoms with Crippen LogP contribution in [0.3, 0.4) is 0 Å². The number of aromatic nitrogens is 1. The molecule has 3 aromatic carbocycles. The van der Waals surface area contributed by atoms with Crippen molar-refractivity contribution in [2.75, 3.05) is 26.3 Å². The Kier molecular flexibility index (Phi) is 6.71. The number of hydrogen-bond donors (Lipinski definition) is 0. The van der Waals surface area contributed by atoms with E-state index in [-0.39, 0.29) is 0 Å². The molecule has 0 aliphatic carbocycles. The van der Waals surface area contributed by atoms with Crippen LogP contribution in [0.4, 0.5) is 5.69 Å². The lowest BCUT2D eigenvalue weighted by molar-refractivity contribution is 0.0730. The first-order valence-corrected chi connectivity index (χ1v) is 13.8.